The van der Waals surface area contributed by atoms with E-state index in [1.807, 2.05) is 11.8 Å². The third-order valence-electron chi connectivity index (χ3n) is 3.74. The van der Waals surface area contributed by atoms with Gasteiger partial charge in [0.05, 0.1) is 27.7 Å². The molecule has 2 aromatic rings. The SMILES string of the molecule is CCc1ccc(S(=O)(=O)NN=Cc2cc3c(cc2[N+](=O)[O-])OCO3)cc1. The Hall–Kier alpha value is -3.14. The normalized spacial score (nSPS) is 13.1. The first-order chi connectivity index (χ1) is 12.4. The summed E-state index contributed by atoms with van der Waals surface area (Å²) in [6.07, 6.45) is 1.84. The molecule has 0 bridgehead atoms. The van der Waals surface area contributed by atoms with Gasteiger partial charge >= 0.3 is 0 Å². The molecule has 0 saturated carbocycles. The molecule has 0 fully saturated rings. The van der Waals surface area contributed by atoms with Crippen LogP contribution in [0.25, 0.3) is 0 Å². The van der Waals surface area contributed by atoms with Crippen LogP contribution < -0.4 is 14.3 Å². The Balaban J connectivity index is 1.82. The predicted molar refractivity (Wildman–Crippen MR) is 93.0 cm³/mol. The van der Waals surface area contributed by atoms with Gasteiger partial charge in [-0.3, -0.25) is 10.1 Å². The lowest BCUT2D eigenvalue weighted by Gasteiger charge is -2.04. The van der Waals surface area contributed by atoms with E-state index in [2.05, 4.69) is 5.10 Å². The van der Waals surface area contributed by atoms with Gasteiger partial charge in [-0.2, -0.15) is 13.5 Å². The Labute approximate surface area is 149 Å². The molecule has 0 saturated heterocycles. The van der Waals surface area contributed by atoms with Crippen LogP contribution in [-0.4, -0.2) is 26.3 Å². The van der Waals surface area contributed by atoms with E-state index in [1.54, 1.807) is 12.1 Å². The molecule has 0 amide bonds. The largest absolute Gasteiger partial charge is 0.454 e. The number of hydrogen-bond acceptors (Lipinski definition) is 7. The number of rotatable bonds is 6. The fourth-order valence-electron chi connectivity index (χ4n) is 2.33. The van der Waals surface area contributed by atoms with Crippen molar-refractivity contribution in [2.75, 3.05) is 6.79 Å². The van der Waals surface area contributed by atoms with Crippen molar-refractivity contribution in [1.82, 2.24) is 4.83 Å². The monoisotopic (exact) mass is 377 g/mol. The van der Waals surface area contributed by atoms with E-state index in [9.17, 15) is 18.5 Å². The van der Waals surface area contributed by atoms with Gasteiger partial charge in [0, 0.05) is 0 Å². The Morgan fingerprint density at radius 3 is 2.50 bits per heavy atom. The summed E-state index contributed by atoms with van der Waals surface area (Å²) < 4.78 is 34.7. The third kappa shape index (κ3) is 3.59. The van der Waals surface area contributed by atoms with Gasteiger partial charge in [-0.25, -0.2) is 4.83 Å². The molecule has 0 atom stereocenters. The van der Waals surface area contributed by atoms with E-state index in [0.717, 1.165) is 18.2 Å². The Kier molecular flexibility index (Phi) is 4.76. The number of hydrogen-bond donors (Lipinski definition) is 1. The molecule has 26 heavy (non-hydrogen) atoms. The lowest BCUT2D eigenvalue weighted by molar-refractivity contribution is -0.385. The van der Waals surface area contributed by atoms with E-state index >= 15 is 0 Å². The first-order valence-corrected chi connectivity index (χ1v) is 9.11. The fourth-order valence-corrected chi connectivity index (χ4v) is 3.12. The highest BCUT2D eigenvalue weighted by molar-refractivity contribution is 7.89. The number of aryl methyl sites for hydroxylation is 1. The number of sulfonamides is 1. The maximum Gasteiger partial charge on any atom is 0.282 e. The number of hydrazone groups is 1. The van der Waals surface area contributed by atoms with E-state index < -0.39 is 14.9 Å². The minimum Gasteiger partial charge on any atom is -0.454 e. The van der Waals surface area contributed by atoms with E-state index in [-0.39, 0.29) is 28.7 Å². The van der Waals surface area contributed by atoms with Gasteiger partial charge in [0.15, 0.2) is 11.5 Å². The zero-order valence-electron chi connectivity index (χ0n) is 13.7. The van der Waals surface area contributed by atoms with Crippen molar-refractivity contribution in [3.63, 3.8) is 0 Å². The minimum absolute atomic E-state index is 0.0343. The zero-order valence-corrected chi connectivity index (χ0v) is 14.5. The van der Waals surface area contributed by atoms with Gasteiger partial charge in [-0.1, -0.05) is 19.1 Å². The zero-order chi connectivity index (χ0) is 18.7. The smallest absolute Gasteiger partial charge is 0.282 e. The highest BCUT2D eigenvalue weighted by atomic mass is 32.2. The first-order valence-electron chi connectivity index (χ1n) is 7.62. The first kappa shape index (κ1) is 17.7. The molecule has 2 aromatic carbocycles. The third-order valence-corrected chi connectivity index (χ3v) is 4.98. The summed E-state index contributed by atoms with van der Waals surface area (Å²) in [7, 11) is -3.87. The van der Waals surface area contributed by atoms with E-state index in [0.29, 0.717) is 5.75 Å². The quantitative estimate of drug-likeness (QED) is 0.468. The fraction of sp³-hybridized carbons (Fsp3) is 0.188. The van der Waals surface area contributed by atoms with Crippen LogP contribution in [0, 0.1) is 10.1 Å². The molecule has 0 spiro atoms. The van der Waals surface area contributed by atoms with Crippen LogP contribution in [0.4, 0.5) is 5.69 Å². The standard InChI is InChI=1S/C16H15N3O6S/c1-2-11-3-5-13(6-4-11)26(22,23)18-17-9-12-7-15-16(25-10-24-15)8-14(12)19(20)21/h3-9,18H,2,10H2,1H3. The van der Waals surface area contributed by atoms with Crippen molar-refractivity contribution < 1.29 is 22.8 Å². The van der Waals surface area contributed by atoms with Crippen LogP contribution in [0.15, 0.2) is 46.4 Å². The Bertz CT molecular complexity index is 970. The van der Waals surface area contributed by atoms with Crippen LogP contribution in [0.1, 0.15) is 18.1 Å². The number of ether oxygens (including phenoxy) is 2. The second-order valence-corrected chi connectivity index (χ2v) is 7.03. The highest BCUT2D eigenvalue weighted by Gasteiger charge is 2.22. The topological polar surface area (TPSA) is 120 Å². The van der Waals surface area contributed by atoms with Gasteiger partial charge in [-0.05, 0) is 30.2 Å². The molecule has 0 aliphatic carbocycles. The summed E-state index contributed by atoms with van der Waals surface area (Å²) in [6.45, 7) is 1.93. The van der Waals surface area contributed by atoms with E-state index in [1.165, 1.54) is 24.3 Å². The molecular formula is C16H15N3O6S. The Morgan fingerprint density at radius 2 is 1.88 bits per heavy atom. The number of benzene rings is 2. The van der Waals surface area contributed by atoms with Crippen LogP contribution in [0.2, 0.25) is 0 Å². The molecule has 1 aliphatic heterocycles. The van der Waals surface area contributed by atoms with Gasteiger partial charge < -0.3 is 9.47 Å². The van der Waals surface area contributed by atoms with Crippen LogP contribution in [0.3, 0.4) is 0 Å². The maximum absolute atomic E-state index is 12.2. The lowest BCUT2D eigenvalue weighted by atomic mass is 10.1. The molecular weight excluding hydrogens is 362 g/mol. The van der Waals surface area contributed by atoms with Crippen molar-refractivity contribution in [3.05, 3.63) is 57.6 Å². The molecule has 1 heterocycles. The van der Waals surface area contributed by atoms with Crippen molar-refractivity contribution in [1.29, 1.82) is 0 Å². The van der Waals surface area contributed by atoms with Crippen molar-refractivity contribution >= 4 is 21.9 Å². The molecule has 0 radical (unpaired) electrons. The summed E-state index contributed by atoms with van der Waals surface area (Å²) in [5.74, 6) is 0.584. The molecule has 1 N–H and O–H groups in total. The average Bonchev–Trinajstić information content (AvgIpc) is 3.08. The van der Waals surface area contributed by atoms with Crippen molar-refractivity contribution in [2.24, 2.45) is 5.10 Å². The molecule has 136 valence electrons. The number of fused-ring (bicyclic) bond motifs is 1. The van der Waals surface area contributed by atoms with Crippen LogP contribution in [0.5, 0.6) is 11.5 Å². The summed E-state index contributed by atoms with van der Waals surface area (Å²) in [5.41, 5.74) is 0.816. The molecule has 9 nitrogen and oxygen atoms in total. The molecule has 10 heteroatoms. The molecule has 1 aliphatic rings. The second-order valence-electron chi connectivity index (χ2n) is 5.37. The average molecular weight is 377 g/mol. The highest BCUT2D eigenvalue weighted by Crippen LogP contribution is 2.37. The molecule has 3 rings (SSSR count). The van der Waals surface area contributed by atoms with Crippen molar-refractivity contribution in [3.8, 4) is 11.5 Å². The number of nitro benzene ring substituents is 1. The maximum atomic E-state index is 12.2. The van der Waals surface area contributed by atoms with Gasteiger partial charge in [0.25, 0.3) is 15.7 Å². The minimum atomic E-state index is -3.87. The Morgan fingerprint density at radius 1 is 1.23 bits per heavy atom. The molecule has 0 unspecified atom stereocenters. The van der Waals surface area contributed by atoms with Gasteiger partial charge in [0.1, 0.15) is 0 Å². The summed E-state index contributed by atoms with van der Waals surface area (Å²) in [6, 6.07) is 8.94. The second kappa shape index (κ2) is 7.00. The summed E-state index contributed by atoms with van der Waals surface area (Å²) >= 11 is 0. The van der Waals surface area contributed by atoms with Crippen molar-refractivity contribution in [2.45, 2.75) is 18.2 Å². The van der Waals surface area contributed by atoms with E-state index in [4.69, 9.17) is 9.47 Å². The number of nitro groups is 1. The predicted octanol–water partition coefficient (Wildman–Crippen LogP) is 2.20. The summed E-state index contributed by atoms with van der Waals surface area (Å²) in [5, 5.41) is 14.8. The number of nitrogens with zero attached hydrogens (tertiary/aromatic N) is 2. The van der Waals surface area contributed by atoms with Crippen LogP contribution >= 0.6 is 0 Å². The summed E-state index contributed by atoms with van der Waals surface area (Å²) in [4.78, 5) is 12.7. The lowest BCUT2D eigenvalue weighted by Crippen LogP contribution is -2.18. The number of nitrogens with one attached hydrogen (secondary N) is 1. The van der Waals surface area contributed by atoms with Gasteiger partial charge in [-0.15, -0.1) is 0 Å². The van der Waals surface area contributed by atoms with Crippen LogP contribution in [-0.2, 0) is 16.4 Å². The molecule has 0 aromatic heterocycles. The van der Waals surface area contributed by atoms with Gasteiger partial charge in [0.2, 0.25) is 6.79 Å².